The lowest BCUT2D eigenvalue weighted by molar-refractivity contribution is -0.130. The van der Waals surface area contributed by atoms with Gasteiger partial charge in [-0.1, -0.05) is 0 Å². The van der Waals surface area contributed by atoms with E-state index < -0.39 is 0 Å². The Morgan fingerprint density at radius 1 is 1.11 bits per heavy atom. The minimum atomic E-state index is 0.000522. The van der Waals surface area contributed by atoms with E-state index >= 15 is 0 Å². The summed E-state index contributed by atoms with van der Waals surface area (Å²) < 4.78 is 11.5. The van der Waals surface area contributed by atoms with Gasteiger partial charge in [-0.05, 0) is 31.2 Å². The van der Waals surface area contributed by atoms with Gasteiger partial charge in [0, 0.05) is 45.1 Å². The second-order valence-corrected chi connectivity index (χ2v) is 7.86. The van der Waals surface area contributed by atoms with Crippen LogP contribution in [0.2, 0.25) is 0 Å². The van der Waals surface area contributed by atoms with E-state index in [4.69, 9.17) is 9.47 Å². The van der Waals surface area contributed by atoms with Gasteiger partial charge in [0.1, 0.15) is 17.6 Å². The van der Waals surface area contributed by atoms with E-state index in [0.29, 0.717) is 35.9 Å². The maximum atomic E-state index is 12.9. The Bertz CT molecular complexity index is 668. The van der Waals surface area contributed by atoms with Gasteiger partial charge >= 0.3 is 0 Å². The zero-order valence-corrected chi connectivity index (χ0v) is 16.9. The van der Waals surface area contributed by atoms with E-state index in [9.17, 15) is 9.59 Å². The fourth-order valence-corrected chi connectivity index (χ4v) is 4.04. The Morgan fingerprint density at radius 2 is 1.81 bits per heavy atom. The molecule has 0 radical (unpaired) electrons. The van der Waals surface area contributed by atoms with Crippen molar-refractivity contribution < 1.29 is 19.1 Å². The van der Waals surface area contributed by atoms with Crippen LogP contribution in [0.25, 0.3) is 0 Å². The molecule has 0 spiro atoms. The van der Waals surface area contributed by atoms with Crippen LogP contribution in [-0.4, -0.2) is 73.0 Å². The lowest BCUT2D eigenvalue weighted by Gasteiger charge is -2.32. The second-order valence-electron chi connectivity index (χ2n) is 6.99. The Morgan fingerprint density at radius 3 is 2.44 bits per heavy atom. The summed E-state index contributed by atoms with van der Waals surface area (Å²) in [6.07, 6.45) is 5.60. The highest BCUT2D eigenvalue weighted by Crippen LogP contribution is 2.29. The Labute approximate surface area is 165 Å². The van der Waals surface area contributed by atoms with E-state index in [-0.39, 0.29) is 17.9 Å². The minimum Gasteiger partial charge on any atom is -0.497 e. The quantitative estimate of drug-likeness (QED) is 0.745. The zero-order valence-electron chi connectivity index (χ0n) is 16.1. The molecule has 0 aliphatic carbocycles. The van der Waals surface area contributed by atoms with Gasteiger partial charge in [0.05, 0.1) is 18.4 Å². The number of nitrogens with zero attached hydrogens (tertiary/aromatic N) is 2. The van der Waals surface area contributed by atoms with E-state index in [0.717, 1.165) is 38.8 Å². The molecular formula is C20H28N2O4S. The molecule has 2 saturated heterocycles. The number of methoxy groups -OCH3 is 1. The second kappa shape index (κ2) is 9.35. The number of ether oxygens (including phenoxy) is 2. The highest BCUT2D eigenvalue weighted by atomic mass is 32.2. The molecule has 27 heavy (non-hydrogen) atoms. The van der Waals surface area contributed by atoms with Crippen molar-refractivity contribution in [3.63, 3.8) is 0 Å². The van der Waals surface area contributed by atoms with Crippen molar-refractivity contribution in [1.82, 2.24) is 9.80 Å². The molecule has 148 valence electrons. The van der Waals surface area contributed by atoms with E-state index in [2.05, 4.69) is 0 Å². The fourth-order valence-electron chi connectivity index (χ4n) is 3.61. The third-order valence-corrected chi connectivity index (χ3v) is 5.70. The van der Waals surface area contributed by atoms with Crippen molar-refractivity contribution in [3.05, 3.63) is 23.8 Å². The van der Waals surface area contributed by atoms with Gasteiger partial charge in [-0.15, -0.1) is 0 Å². The maximum absolute atomic E-state index is 12.9. The zero-order chi connectivity index (χ0) is 19.2. The smallest absolute Gasteiger partial charge is 0.257 e. The number of hydrogen-bond donors (Lipinski definition) is 0. The number of carbonyl (C=O) groups is 2. The van der Waals surface area contributed by atoms with E-state index in [1.807, 2.05) is 16.1 Å². The summed E-state index contributed by atoms with van der Waals surface area (Å²) in [5.41, 5.74) is 0.596. The van der Waals surface area contributed by atoms with Gasteiger partial charge < -0.3 is 19.3 Å². The third-order valence-electron chi connectivity index (χ3n) is 5.17. The first-order valence-corrected chi connectivity index (χ1v) is 10.9. The molecule has 0 saturated carbocycles. The van der Waals surface area contributed by atoms with E-state index in [1.54, 1.807) is 37.1 Å². The monoisotopic (exact) mass is 392 g/mol. The average Bonchev–Trinajstić information content (AvgIpc) is 3.23. The summed E-state index contributed by atoms with van der Waals surface area (Å²) in [4.78, 5) is 28.7. The highest BCUT2D eigenvalue weighted by Gasteiger charge is 2.27. The molecule has 1 aromatic carbocycles. The van der Waals surface area contributed by atoms with Crippen molar-refractivity contribution in [2.45, 2.75) is 31.8 Å². The number of thioether (sulfide) groups is 1. The van der Waals surface area contributed by atoms with Crippen molar-refractivity contribution in [3.8, 4) is 11.5 Å². The number of piperidine rings is 1. The van der Waals surface area contributed by atoms with Crippen LogP contribution in [0.3, 0.4) is 0 Å². The van der Waals surface area contributed by atoms with E-state index in [1.165, 1.54) is 0 Å². The van der Waals surface area contributed by atoms with Crippen molar-refractivity contribution >= 4 is 23.6 Å². The first kappa shape index (κ1) is 19.9. The largest absolute Gasteiger partial charge is 0.497 e. The average molecular weight is 393 g/mol. The number of rotatable bonds is 6. The van der Waals surface area contributed by atoms with Crippen LogP contribution < -0.4 is 9.47 Å². The molecule has 2 aliphatic heterocycles. The van der Waals surface area contributed by atoms with Crippen LogP contribution in [0.15, 0.2) is 18.2 Å². The van der Waals surface area contributed by atoms with Crippen LogP contribution in [0.1, 0.15) is 36.0 Å². The maximum Gasteiger partial charge on any atom is 0.257 e. The Kier molecular flexibility index (Phi) is 6.88. The molecule has 0 atom stereocenters. The first-order chi connectivity index (χ1) is 13.1. The predicted octanol–water partition coefficient (Wildman–Crippen LogP) is 2.66. The van der Waals surface area contributed by atoms with Crippen LogP contribution in [0.5, 0.6) is 11.5 Å². The summed E-state index contributed by atoms with van der Waals surface area (Å²) in [6, 6.07) is 5.40. The number of hydrogen-bond acceptors (Lipinski definition) is 5. The number of benzene rings is 1. The lowest BCUT2D eigenvalue weighted by Crippen LogP contribution is -2.42. The topological polar surface area (TPSA) is 59.1 Å². The fraction of sp³-hybridized carbons (Fsp3) is 0.600. The number of carbonyl (C=O) groups excluding carboxylic acids is 2. The van der Waals surface area contributed by atoms with Crippen molar-refractivity contribution in [2.24, 2.45) is 0 Å². The van der Waals surface area contributed by atoms with Gasteiger partial charge in [-0.3, -0.25) is 9.59 Å². The molecule has 2 aliphatic rings. The lowest BCUT2D eigenvalue weighted by atomic mass is 10.1. The summed E-state index contributed by atoms with van der Waals surface area (Å²) in [7, 11) is 1.61. The molecule has 0 unspecified atom stereocenters. The molecule has 0 N–H and O–H groups in total. The molecule has 6 nitrogen and oxygen atoms in total. The number of likely N-dealkylation sites (tertiary alicyclic amines) is 2. The summed E-state index contributed by atoms with van der Waals surface area (Å²) in [6.45, 7) is 3.01. The summed E-state index contributed by atoms with van der Waals surface area (Å²) >= 11 is 1.55. The summed E-state index contributed by atoms with van der Waals surface area (Å²) in [5.74, 6) is 2.00. The predicted molar refractivity (Wildman–Crippen MR) is 107 cm³/mol. The third kappa shape index (κ3) is 4.89. The van der Waals surface area contributed by atoms with Gasteiger partial charge in [0.15, 0.2) is 0 Å². The van der Waals surface area contributed by atoms with Crippen molar-refractivity contribution in [1.29, 1.82) is 0 Å². The number of amides is 2. The molecular weight excluding hydrogens is 364 g/mol. The standard InChI is InChI=1S/C20H28N2O4S/c1-25-16-5-6-17(20(24)22-9-3-4-10-22)18(13-16)26-15-7-11-21(12-8-15)19(23)14-27-2/h5-6,13,15H,3-4,7-12,14H2,1-2H3. The van der Waals surface area contributed by atoms with Gasteiger partial charge in [0.2, 0.25) is 5.91 Å². The van der Waals surface area contributed by atoms with Crippen LogP contribution >= 0.6 is 11.8 Å². The molecule has 7 heteroatoms. The highest BCUT2D eigenvalue weighted by molar-refractivity contribution is 7.99. The van der Waals surface area contributed by atoms with Crippen molar-refractivity contribution in [2.75, 3.05) is 45.3 Å². The van der Waals surface area contributed by atoms with Crippen LogP contribution in [0.4, 0.5) is 0 Å². The first-order valence-electron chi connectivity index (χ1n) is 9.53. The molecule has 2 amide bonds. The molecule has 2 heterocycles. The molecule has 1 aromatic rings. The van der Waals surface area contributed by atoms with Crippen LogP contribution in [-0.2, 0) is 4.79 Å². The van der Waals surface area contributed by atoms with Crippen LogP contribution in [0, 0.1) is 0 Å². The minimum absolute atomic E-state index is 0.000522. The van der Waals surface area contributed by atoms with Gasteiger partial charge in [-0.25, -0.2) is 0 Å². The molecule has 3 rings (SSSR count). The Balaban J connectivity index is 1.68. The molecule has 2 fully saturated rings. The molecule has 0 bridgehead atoms. The SMILES string of the molecule is COc1ccc(C(=O)N2CCCC2)c(OC2CCN(C(=O)CSC)CC2)c1. The van der Waals surface area contributed by atoms with Gasteiger partial charge in [-0.2, -0.15) is 11.8 Å². The molecule has 0 aromatic heterocycles. The summed E-state index contributed by atoms with van der Waals surface area (Å²) in [5, 5.41) is 0. The normalized spacial score (nSPS) is 17.9. The Hall–Kier alpha value is -1.89. The van der Waals surface area contributed by atoms with Gasteiger partial charge in [0.25, 0.3) is 5.91 Å².